The Labute approximate surface area is 111 Å². The second kappa shape index (κ2) is 6.08. The molecule has 0 saturated heterocycles. The first kappa shape index (κ1) is 13.2. The van der Waals surface area contributed by atoms with Crippen molar-refractivity contribution in [3.63, 3.8) is 0 Å². The average Bonchev–Trinajstić information content (AvgIpc) is 2.85. The highest BCUT2D eigenvalue weighted by Gasteiger charge is 2.15. The van der Waals surface area contributed by atoms with Crippen molar-refractivity contribution in [3.05, 3.63) is 41.7 Å². The predicted octanol–water partition coefficient (Wildman–Crippen LogP) is 1.18. The number of aliphatic carboxylic acids is 1. The van der Waals surface area contributed by atoms with Gasteiger partial charge < -0.3 is 5.11 Å². The number of nitrogens with zero attached hydrogens (tertiary/aromatic N) is 4. The van der Waals surface area contributed by atoms with Gasteiger partial charge in [0.05, 0.1) is 12.5 Å². The molecule has 1 aromatic heterocycles. The van der Waals surface area contributed by atoms with E-state index >= 15 is 0 Å². The number of rotatable bonds is 6. The third-order valence-electron chi connectivity index (χ3n) is 2.95. The maximum Gasteiger partial charge on any atom is 0.308 e. The molecule has 0 aliphatic carbocycles. The third-order valence-corrected chi connectivity index (χ3v) is 2.95. The fourth-order valence-electron chi connectivity index (χ4n) is 1.78. The molecule has 0 fully saturated rings. The van der Waals surface area contributed by atoms with Gasteiger partial charge in [-0.1, -0.05) is 37.3 Å². The molecule has 0 saturated carbocycles. The Kier molecular flexibility index (Phi) is 4.22. The fraction of sp³-hybridized carbons (Fsp3) is 0.385. The van der Waals surface area contributed by atoms with Gasteiger partial charge in [-0.05, 0) is 22.4 Å². The summed E-state index contributed by atoms with van der Waals surface area (Å²) in [6, 6.07) is 10.1. The van der Waals surface area contributed by atoms with Crippen molar-refractivity contribution < 1.29 is 9.90 Å². The quantitative estimate of drug-likeness (QED) is 0.843. The van der Waals surface area contributed by atoms with E-state index < -0.39 is 11.9 Å². The molecule has 1 heterocycles. The number of benzene rings is 1. The molecule has 1 unspecified atom stereocenters. The largest absolute Gasteiger partial charge is 0.481 e. The Balaban J connectivity index is 1.98. The summed E-state index contributed by atoms with van der Waals surface area (Å²) in [5.41, 5.74) is 1.21. The summed E-state index contributed by atoms with van der Waals surface area (Å²) in [7, 11) is 0. The van der Waals surface area contributed by atoms with Gasteiger partial charge in [-0.2, -0.15) is 0 Å². The second-order valence-corrected chi connectivity index (χ2v) is 4.50. The van der Waals surface area contributed by atoms with Crippen molar-refractivity contribution in [2.24, 2.45) is 5.92 Å². The number of carboxylic acid groups (broad SMARTS) is 1. The first-order chi connectivity index (χ1) is 9.16. The molecule has 100 valence electrons. The molecule has 0 radical (unpaired) electrons. The van der Waals surface area contributed by atoms with Crippen molar-refractivity contribution in [1.29, 1.82) is 0 Å². The van der Waals surface area contributed by atoms with E-state index in [1.165, 1.54) is 5.56 Å². The van der Waals surface area contributed by atoms with Gasteiger partial charge in [0, 0.05) is 6.42 Å². The van der Waals surface area contributed by atoms with Crippen LogP contribution in [0.2, 0.25) is 0 Å². The molecule has 1 atom stereocenters. The molecule has 0 aliphatic rings. The summed E-state index contributed by atoms with van der Waals surface area (Å²) in [5.74, 6) is -0.625. The summed E-state index contributed by atoms with van der Waals surface area (Å²) in [5, 5.41) is 20.3. The number of aromatic nitrogens is 4. The highest BCUT2D eigenvalue weighted by Crippen LogP contribution is 2.06. The van der Waals surface area contributed by atoms with E-state index in [-0.39, 0.29) is 0 Å². The van der Waals surface area contributed by atoms with Crippen LogP contribution in [0.1, 0.15) is 18.3 Å². The van der Waals surface area contributed by atoms with Crippen molar-refractivity contribution in [2.45, 2.75) is 26.3 Å². The lowest BCUT2D eigenvalue weighted by Gasteiger charge is -2.07. The Morgan fingerprint density at radius 3 is 2.74 bits per heavy atom. The third kappa shape index (κ3) is 3.61. The molecule has 19 heavy (non-hydrogen) atoms. The summed E-state index contributed by atoms with van der Waals surface area (Å²) < 4.78 is 1.57. The van der Waals surface area contributed by atoms with E-state index in [4.69, 9.17) is 5.11 Å². The maximum atomic E-state index is 10.8. The van der Waals surface area contributed by atoms with E-state index in [0.717, 1.165) is 12.2 Å². The molecule has 1 N–H and O–H groups in total. The zero-order valence-electron chi connectivity index (χ0n) is 10.7. The van der Waals surface area contributed by atoms with Crippen LogP contribution < -0.4 is 0 Å². The van der Waals surface area contributed by atoms with Crippen LogP contribution in [0.4, 0.5) is 0 Å². The van der Waals surface area contributed by atoms with E-state index in [2.05, 4.69) is 15.5 Å². The van der Waals surface area contributed by atoms with Crippen LogP contribution in [0, 0.1) is 5.92 Å². The molecule has 0 aliphatic heterocycles. The number of tetrazole rings is 1. The molecular weight excluding hydrogens is 244 g/mol. The summed E-state index contributed by atoms with van der Waals surface area (Å²) in [4.78, 5) is 10.8. The molecule has 2 rings (SSSR count). The molecule has 2 aromatic rings. The lowest BCUT2D eigenvalue weighted by molar-refractivity contribution is -0.141. The lowest BCUT2D eigenvalue weighted by atomic mass is 10.1. The number of hydrogen-bond acceptors (Lipinski definition) is 4. The van der Waals surface area contributed by atoms with Gasteiger partial charge in [0.2, 0.25) is 0 Å². The highest BCUT2D eigenvalue weighted by atomic mass is 16.4. The van der Waals surface area contributed by atoms with Gasteiger partial charge in [-0.3, -0.25) is 4.79 Å². The number of carboxylic acids is 1. The van der Waals surface area contributed by atoms with Gasteiger partial charge in [-0.25, -0.2) is 4.68 Å². The van der Waals surface area contributed by atoms with Gasteiger partial charge in [0.25, 0.3) is 0 Å². The van der Waals surface area contributed by atoms with Gasteiger partial charge in [0.15, 0.2) is 5.82 Å². The Morgan fingerprint density at radius 1 is 1.32 bits per heavy atom. The first-order valence-electron chi connectivity index (χ1n) is 6.18. The standard InChI is InChI=1S/C13H16N4O2/c1-10(13(18)19)9-17-12(14-15-16-17)8-7-11-5-3-2-4-6-11/h2-6,10H,7-9H2,1H3,(H,18,19). The van der Waals surface area contributed by atoms with Crippen LogP contribution in [0.3, 0.4) is 0 Å². The number of carbonyl (C=O) groups is 1. The SMILES string of the molecule is CC(Cn1nnnc1CCc1ccccc1)C(=O)O. The van der Waals surface area contributed by atoms with Crippen molar-refractivity contribution in [1.82, 2.24) is 20.2 Å². The number of hydrogen-bond donors (Lipinski definition) is 1. The van der Waals surface area contributed by atoms with Gasteiger partial charge >= 0.3 is 5.97 Å². The Hall–Kier alpha value is -2.24. The minimum atomic E-state index is -0.843. The van der Waals surface area contributed by atoms with Crippen LogP contribution in [0.15, 0.2) is 30.3 Å². The topological polar surface area (TPSA) is 80.9 Å². The van der Waals surface area contributed by atoms with Crippen molar-refractivity contribution in [2.75, 3.05) is 0 Å². The van der Waals surface area contributed by atoms with Crippen LogP contribution in [-0.4, -0.2) is 31.3 Å². The summed E-state index contributed by atoms with van der Waals surface area (Å²) in [6.07, 6.45) is 1.53. The fourth-order valence-corrected chi connectivity index (χ4v) is 1.78. The van der Waals surface area contributed by atoms with Crippen LogP contribution in [-0.2, 0) is 24.2 Å². The normalized spacial score (nSPS) is 12.3. The smallest absolute Gasteiger partial charge is 0.308 e. The van der Waals surface area contributed by atoms with Gasteiger partial charge in [0.1, 0.15) is 0 Å². The zero-order chi connectivity index (χ0) is 13.7. The van der Waals surface area contributed by atoms with Crippen molar-refractivity contribution >= 4 is 5.97 Å². The van der Waals surface area contributed by atoms with E-state index in [1.807, 2.05) is 30.3 Å². The molecule has 0 amide bonds. The minimum Gasteiger partial charge on any atom is -0.481 e. The monoisotopic (exact) mass is 260 g/mol. The lowest BCUT2D eigenvalue weighted by Crippen LogP contribution is -2.19. The minimum absolute atomic E-state index is 0.298. The predicted molar refractivity (Wildman–Crippen MR) is 68.5 cm³/mol. The van der Waals surface area contributed by atoms with Gasteiger partial charge in [-0.15, -0.1) is 5.10 Å². The first-order valence-corrected chi connectivity index (χ1v) is 6.18. The van der Waals surface area contributed by atoms with E-state index in [9.17, 15) is 4.79 Å². The molecule has 1 aromatic carbocycles. The van der Waals surface area contributed by atoms with Crippen molar-refractivity contribution in [3.8, 4) is 0 Å². The average molecular weight is 260 g/mol. The van der Waals surface area contributed by atoms with Crippen LogP contribution >= 0.6 is 0 Å². The highest BCUT2D eigenvalue weighted by molar-refractivity contribution is 5.69. The Morgan fingerprint density at radius 2 is 2.05 bits per heavy atom. The van der Waals surface area contributed by atoms with E-state index in [0.29, 0.717) is 13.0 Å². The summed E-state index contributed by atoms with van der Waals surface area (Å²) >= 11 is 0. The molecule has 0 spiro atoms. The molecule has 6 heteroatoms. The second-order valence-electron chi connectivity index (χ2n) is 4.50. The van der Waals surface area contributed by atoms with E-state index in [1.54, 1.807) is 11.6 Å². The summed E-state index contributed by atoms with van der Waals surface area (Å²) in [6.45, 7) is 1.94. The van der Waals surface area contributed by atoms with Crippen LogP contribution in [0.5, 0.6) is 0 Å². The maximum absolute atomic E-state index is 10.8. The zero-order valence-corrected chi connectivity index (χ0v) is 10.7. The Bertz CT molecular complexity index is 539. The molecule has 6 nitrogen and oxygen atoms in total. The number of aryl methyl sites for hydroxylation is 2. The van der Waals surface area contributed by atoms with Crippen LogP contribution in [0.25, 0.3) is 0 Å². The molecular formula is C13H16N4O2. The molecule has 0 bridgehead atoms.